The van der Waals surface area contributed by atoms with Gasteiger partial charge in [-0.2, -0.15) is 0 Å². The van der Waals surface area contributed by atoms with E-state index in [0.717, 1.165) is 47.5 Å². The maximum absolute atomic E-state index is 4.47. The number of rotatable bonds is 6. The van der Waals surface area contributed by atoms with Crippen LogP contribution < -0.4 is 10.6 Å². The highest BCUT2D eigenvalue weighted by atomic mass is 15.1. The van der Waals surface area contributed by atoms with E-state index in [1.54, 1.807) is 6.20 Å². The first-order valence-electron chi connectivity index (χ1n) is 7.21. The third-order valence-corrected chi connectivity index (χ3v) is 3.07. The Labute approximate surface area is 125 Å². The predicted octanol–water partition coefficient (Wildman–Crippen LogP) is 2.63. The lowest BCUT2D eigenvalue weighted by molar-refractivity contribution is 0.926. The van der Waals surface area contributed by atoms with Gasteiger partial charge in [0, 0.05) is 18.3 Å². The van der Waals surface area contributed by atoms with E-state index < -0.39 is 0 Å². The van der Waals surface area contributed by atoms with Crippen LogP contribution in [-0.4, -0.2) is 26.5 Å². The van der Waals surface area contributed by atoms with Gasteiger partial charge in [-0.05, 0) is 33.3 Å². The summed E-state index contributed by atoms with van der Waals surface area (Å²) in [5, 5.41) is 6.67. The molecule has 2 aromatic heterocycles. The highest BCUT2D eigenvalue weighted by molar-refractivity contribution is 5.57. The van der Waals surface area contributed by atoms with E-state index in [2.05, 4.69) is 37.5 Å². The van der Waals surface area contributed by atoms with Gasteiger partial charge in [0.2, 0.25) is 0 Å². The van der Waals surface area contributed by atoms with Crippen LogP contribution in [0.2, 0.25) is 0 Å². The van der Waals surface area contributed by atoms with E-state index in [9.17, 15) is 0 Å². The van der Waals surface area contributed by atoms with Gasteiger partial charge in [0.05, 0.1) is 12.2 Å². The second-order valence-electron chi connectivity index (χ2n) is 4.97. The van der Waals surface area contributed by atoms with Gasteiger partial charge in [-0.25, -0.2) is 19.9 Å². The van der Waals surface area contributed by atoms with Gasteiger partial charge in [0.1, 0.15) is 23.3 Å². The quantitative estimate of drug-likeness (QED) is 0.850. The molecule has 0 radical (unpaired) electrons. The van der Waals surface area contributed by atoms with Crippen LogP contribution >= 0.6 is 0 Å². The first-order valence-corrected chi connectivity index (χ1v) is 7.21. The molecule has 0 fully saturated rings. The van der Waals surface area contributed by atoms with Crippen LogP contribution in [0.3, 0.4) is 0 Å². The predicted molar refractivity (Wildman–Crippen MR) is 84.4 cm³/mol. The van der Waals surface area contributed by atoms with Crippen molar-refractivity contribution >= 4 is 11.6 Å². The van der Waals surface area contributed by atoms with Gasteiger partial charge >= 0.3 is 0 Å². The van der Waals surface area contributed by atoms with Crippen molar-refractivity contribution in [3.05, 3.63) is 35.2 Å². The van der Waals surface area contributed by atoms with Crippen LogP contribution in [0, 0.1) is 20.8 Å². The highest BCUT2D eigenvalue weighted by Crippen LogP contribution is 2.20. The third-order valence-electron chi connectivity index (χ3n) is 3.07. The number of hydrogen-bond acceptors (Lipinski definition) is 6. The molecule has 2 rings (SSSR count). The maximum atomic E-state index is 4.47. The Balaban J connectivity index is 2.14. The average molecular weight is 286 g/mol. The zero-order valence-electron chi connectivity index (χ0n) is 13.1. The summed E-state index contributed by atoms with van der Waals surface area (Å²) in [6.45, 7) is 9.46. The van der Waals surface area contributed by atoms with Gasteiger partial charge in [-0.1, -0.05) is 6.92 Å². The SMILES string of the molecule is CCCNc1nc(C)nc(NCc2ccnc(C)n2)c1C. The Kier molecular flexibility index (Phi) is 5.03. The normalized spacial score (nSPS) is 10.5. The van der Waals surface area contributed by atoms with E-state index in [4.69, 9.17) is 0 Å². The zero-order chi connectivity index (χ0) is 15.2. The fourth-order valence-corrected chi connectivity index (χ4v) is 1.99. The fraction of sp³-hybridized carbons (Fsp3) is 0.467. The smallest absolute Gasteiger partial charge is 0.135 e. The van der Waals surface area contributed by atoms with Crippen molar-refractivity contribution in [2.75, 3.05) is 17.2 Å². The molecule has 0 aromatic carbocycles. The number of anilines is 2. The number of nitrogens with one attached hydrogen (secondary N) is 2. The number of aryl methyl sites for hydroxylation is 2. The van der Waals surface area contributed by atoms with Crippen LogP contribution in [-0.2, 0) is 6.54 Å². The molecule has 2 aromatic rings. The van der Waals surface area contributed by atoms with Crippen LogP contribution in [0.1, 0.15) is 36.3 Å². The second-order valence-corrected chi connectivity index (χ2v) is 4.97. The number of nitrogens with zero attached hydrogens (tertiary/aromatic N) is 4. The molecule has 0 saturated heterocycles. The monoisotopic (exact) mass is 286 g/mol. The van der Waals surface area contributed by atoms with Gasteiger partial charge in [0.15, 0.2) is 0 Å². The Morgan fingerprint density at radius 1 is 0.952 bits per heavy atom. The van der Waals surface area contributed by atoms with Crippen LogP contribution in [0.25, 0.3) is 0 Å². The average Bonchev–Trinajstić information content (AvgIpc) is 2.46. The Hall–Kier alpha value is -2.24. The molecule has 0 amide bonds. The Morgan fingerprint density at radius 2 is 1.67 bits per heavy atom. The third kappa shape index (κ3) is 4.11. The van der Waals surface area contributed by atoms with Crippen molar-refractivity contribution in [1.82, 2.24) is 19.9 Å². The van der Waals surface area contributed by atoms with Crippen molar-refractivity contribution in [3.8, 4) is 0 Å². The molecule has 6 heteroatoms. The summed E-state index contributed by atoms with van der Waals surface area (Å²) < 4.78 is 0. The molecule has 0 bridgehead atoms. The summed E-state index contributed by atoms with van der Waals surface area (Å²) >= 11 is 0. The minimum Gasteiger partial charge on any atom is -0.370 e. The van der Waals surface area contributed by atoms with Gasteiger partial charge < -0.3 is 10.6 Å². The Bertz CT molecular complexity index is 611. The van der Waals surface area contributed by atoms with Crippen LogP contribution in [0.5, 0.6) is 0 Å². The summed E-state index contributed by atoms with van der Waals surface area (Å²) in [7, 11) is 0. The zero-order valence-corrected chi connectivity index (χ0v) is 13.1. The minimum absolute atomic E-state index is 0.619. The molecule has 0 spiro atoms. The highest BCUT2D eigenvalue weighted by Gasteiger charge is 2.09. The number of aromatic nitrogens is 4. The first kappa shape index (κ1) is 15.2. The van der Waals surface area contributed by atoms with E-state index in [1.807, 2.05) is 26.8 Å². The van der Waals surface area contributed by atoms with Crippen LogP contribution in [0.15, 0.2) is 12.3 Å². The summed E-state index contributed by atoms with van der Waals surface area (Å²) in [4.78, 5) is 17.4. The number of hydrogen-bond donors (Lipinski definition) is 2. The van der Waals surface area contributed by atoms with Gasteiger partial charge in [0.25, 0.3) is 0 Å². The lowest BCUT2D eigenvalue weighted by Crippen LogP contribution is -2.11. The Morgan fingerprint density at radius 3 is 2.33 bits per heavy atom. The lowest BCUT2D eigenvalue weighted by atomic mass is 10.3. The second kappa shape index (κ2) is 6.97. The van der Waals surface area contributed by atoms with E-state index in [0.29, 0.717) is 6.54 Å². The van der Waals surface area contributed by atoms with Crippen molar-refractivity contribution in [1.29, 1.82) is 0 Å². The molecular formula is C15H22N6. The molecule has 0 aliphatic heterocycles. The van der Waals surface area contributed by atoms with E-state index in [1.165, 1.54) is 0 Å². The minimum atomic E-state index is 0.619. The summed E-state index contributed by atoms with van der Waals surface area (Å²) in [6, 6.07) is 1.90. The van der Waals surface area contributed by atoms with E-state index in [-0.39, 0.29) is 0 Å². The standard InChI is InChI=1S/C15H22N6/c1-5-7-17-14-10(2)15(21-12(4)20-14)18-9-13-6-8-16-11(3)19-13/h6,8H,5,7,9H2,1-4H3,(H2,17,18,20,21). The fourth-order valence-electron chi connectivity index (χ4n) is 1.99. The molecule has 21 heavy (non-hydrogen) atoms. The molecule has 0 unspecified atom stereocenters. The van der Waals surface area contributed by atoms with Crippen LogP contribution in [0.4, 0.5) is 11.6 Å². The molecule has 0 aliphatic rings. The largest absolute Gasteiger partial charge is 0.370 e. The van der Waals surface area contributed by atoms with Gasteiger partial charge in [-0.15, -0.1) is 0 Å². The molecule has 2 heterocycles. The maximum Gasteiger partial charge on any atom is 0.135 e. The molecule has 0 atom stereocenters. The molecule has 6 nitrogen and oxygen atoms in total. The topological polar surface area (TPSA) is 75.6 Å². The van der Waals surface area contributed by atoms with Crippen molar-refractivity contribution in [2.24, 2.45) is 0 Å². The molecule has 0 saturated carbocycles. The van der Waals surface area contributed by atoms with Gasteiger partial charge in [-0.3, -0.25) is 0 Å². The first-order chi connectivity index (χ1) is 10.1. The lowest BCUT2D eigenvalue weighted by Gasteiger charge is -2.13. The summed E-state index contributed by atoms with van der Waals surface area (Å²) in [5.74, 6) is 3.26. The molecular weight excluding hydrogens is 264 g/mol. The summed E-state index contributed by atoms with van der Waals surface area (Å²) in [5.41, 5.74) is 1.97. The summed E-state index contributed by atoms with van der Waals surface area (Å²) in [6.07, 6.45) is 2.83. The van der Waals surface area contributed by atoms with Crippen molar-refractivity contribution in [2.45, 2.75) is 40.7 Å². The van der Waals surface area contributed by atoms with E-state index >= 15 is 0 Å². The molecule has 0 aliphatic carbocycles. The van der Waals surface area contributed by atoms with Crippen molar-refractivity contribution < 1.29 is 0 Å². The molecule has 2 N–H and O–H groups in total. The molecule has 112 valence electrons. The van der Waals surface area contributed by atoms with Crippen molar-refractivity contribution in [3.63, 3.8) is 0 Å².